The molecule has 1 heterocycles. The Bertz CT molecular complexity index is 394. The second kappa shape index (κ2) is 5.18. The molecule has 0 spiro atoms. The van der Waals surface area contributed by atoms with Crippen molar-refractivity contribution in [3.63, 3.8) is 0 Å². The van der Waals surface area contributed by atoms with Gasteiger partial charge in [-0.2, -0.15) is 8.78 Å². The lowest BCUT2D eigenvalue weighted by Gasteiger charge is -2.30. The van der Waals surface area contributed by atoms with Crippen molar-refractivity contribution in [2.24, 2.45) is 5.92 Å². The van der Waals surface area contributed by atoms with E-state index in [9.17, 15) is 18.7 Å². The van der Waals surface area contributed by atoms with Crippen molar-refractivity contribution in [1.82, 2.24) is 0 Å². The highest BCUT2D eigenvalue weighted by Crippen LogP contribution is 2.35. The molecule has 1 aliphatic carbocycles. The van der Waals surface area contributed by atoms with Gasteiger partial charge in [-0.3, -0.25) is 4.79 Å². The number of alkyl halides is 2. The van der Waals surface area contributed by atoms with Crippen molar-refractivity contribution < 1.29 is 23.1 Å². The molecule has 0 amide bonds. The summed E-state index contributed by atoms with van der Waals surface area (Å²) < 4.78 is 32.5. The third-order valence-electron chi connectivity index (χ3n) is 3.52. The van der Waals surface area contributed by atoms with Crippen LogP contribution in [0, 0.1) is 5.92 Å². The van der Waals surface area contributed by atoms with Gasteiger partial charge in [0.05, 0.1) is 6.26 Å². The zero-order chi connectivity index (χ0) is 13.2. The number of hydrogen-bond acceptors (Lipinski definition) is 3. The molecule has 18 heavy (non-hydrogen) atoms. The molecule has 100 valence electrons. The number of halogens is 2. The van der Waals surface area contributed by atoms with E-state index in [1.165, 1.54) is 12.1 Å². The Morgan fingerprint density at radius 1 is 1.39 bits per heavy atom. The zero-order valence-electron chi connectivity index (χ0n) is 9.94. The fraction of sp³-hybridized carbons (Fsp3) is 0.615. The molecule has 0 saturated heterocycles. The molecule has 0 aliphatic heterocycles. The van der Waals surface area contributed by atoms with Gasteiger partial charge in [-0.15, -0.1) is 0 Å². The number of carbonyl (C=O) groups excluding carboxylic acids is 1. The fourth-order valence-corrected chi connectivity index (χ4v) is 2.45. The van der Waals surface area contributed by atoms with Gasteiger partial charge in [0.25, 0.3) is 5.78 Å². The second-order valence-electron chi connectivity index (χ2n) is 4.77. The Morgan fingerprint density at radius 2 is 2.06 bits per heavy atom. The first-order valence-corrected chi connectivity index (χ1v) is 6.17. The minimum Gasteiger partial charge on any atom is -0.461 e. The van der Waals surface area contributed by atoms with Gasteiger partial charge < -0.3 is 9.52 Å². The van der Waals surface area contributed by atoms with E-state index in [1.807, 2.05) is 0 Å². The predicted octanol–water partition coefficient (Wildman–Crippen LogP) is 3.04. The third-order valence-corrected chi connectivity index (χ3v) is 3.52. The Kier molecular flexibility index (Phi) is 3.80. The van der Waals surface area contributed by atoms with Crippen molar-refractivity contribution in [2.75, 3.05) is 0 Å². The van der Waals surface area contributed by atoms with Crippen molar-refractivity contribution in [3.8, 4) is 0 Å². The molecule has 1 saturated carbocycles. The lowest BCUT2D eigenvalue weighted by atomic mass is 9.82. The van der Waals surface area contributed by atoms with Crippen LogP contribution in [-0.4, -0.2) is 22.9 Å². The molecule has 0 aromatic carbocycles. The third kappa shape index (κ3) is 2.46. The van der Waals surface area contributed by atoms with Crippen molar-refractivity contribution in [2.45, 2.75) is 44.1 Å². The average molecular weight is 258 g/mol. The molecular weight excluding hydrogens is 242 g/mol. The highest BCUT2D eigenvalue weighted by Gasteiger charge is 2.51. The van der Waals surface area contributed by atoms with Crippen molar-refractivity contribution in [3.05, 3.63) is 24.2 Å². The van der Waals surface area contributed by atoms with Gasteiger partial charge in [0.2, 0.25) is 0 Å². The van der Waals surface area contributed by atoms with Crippen LogP contribution in [-0.2, 0) is 0 Å². The first-order chi connectivity index (χ1) is 8.53. The van der Waals surface area contributed by atoms with Gasteiger partial charge in [0.15, 0.2) is 5.76 Å². The van der Waals surface area contributed by atoms with E-state index in [-0.39, 0.29) is 0 Å². The number of carbonyl (C=O) groups is 1. The number of aliphatic hydroxyl groups is 1. The van der Waals surface area contributed by atoms with Crippen LogP contribution in [0.15, 0.2) is 22.8 Å². The molecule has 1 aromatic heterocycles. The van der Waals surface area contributed by atoms with E-state index in [2.05, 4.69) is 4.42 Å². The summed E-state index contributed by atoms with van der Waals surface area (Å²) in [4.78, 5) is 11.6. The summed E-state index contributed by atoms with van der Waals surface area (Å²) in [5, 5.41) is 9.76. The molecule has 0 bridgehead atoms. The van der Waals surface area contributed by atoms with Gasteiger partial charge >= 0.3 is 5.92 Å². The largest absolute Gasteiger partial charge is 0.461 e. The number of Topliss-reactive ketones (excluding diaryl/α,β-unsaturated/α-hetero) is 1. The minimum atomic E-state index is -3.78. The van der Waals surface area contributed by atoms with Crippen LogP contribution in [0.5, 0.6) is 0 Å². The quantitative estimate of drug-likeness (QED) is 0.844. The molecule has 1 aromatic rings. The zero-order valence-corrected chi connectivity index (χ0v) is 9.94. The summed E-state index contributed by atoms with van der Waals surface area (Å²) in [5.41, 5.74) is 0. The predicted molar refractivity (Wildman–Crippen MR) is 60.6 cm³/mol. The maximum absolute atomic E-state index is 13.9. The lowest BCUT2D eigenvalue weighted by molar-refractivity contribution is -0.107. The summed E-state index contributed by atoms with van der Waals surface area (Å²) in [7, 11) is 0. The Balaban J connectivity index is 2.11. The fourth-order valence-electron chi connectivity index (χ4n) is 2.45. The Hall–Kier alpha value is -1.23. The smallest absolute Gasteiger partial charge is 0.338 e. The topological polar surface area (TPSA) is 50.4 Å². The van der Waals surface area contributed by atoms with Crippen LogP contribution in [0.25, 0.3) is 0 Å². The molecule has 5 heteroatoms. The van der Waals surface area contributed by atoms with Crippen molar-refractivity contribution >= 4 is 5.78 Å². The number of rotatable bonds is 4. The van der Waals surface area contributed by atoms with Gasteiger partial charge in [-0.05, 0) is 30.9 Å². The van der Waals surface area contributed by atoms with E-state index in [1.54, 1.807) is 0 Å². The molecular formula is C13H16F2O3. The van der Waals surface area contributed by atoms with Crippen LogP contribution in [0.4, 0.5) is 8.78 Å². The average Bonchev–Trinajstić information content (AvgIpc) is 2.91. The highest BCUT2D eigenvalue weighted by atomic mass is 19.3. The van der Waals surface area contributed by atoms with E-state index in [4.69, 9.17) is 0 Å². The number of aliphatic hydroxyl groups excluding tert-OH is 1. The second-order valence-corrected chi connectivity index (χ2v) is 4.77. The molecule has 1 N–H and O–H groups in total. The Labute approximate surface area is 104 Å². The summed E-state index contributed by atoms with van der Waals surface area (Å²) in [5.74, 6) is -6.13. The summed E-state index contributed by atoms with van der Waals surface area (Å²) >= 11 is 0. The number of furan rings is 1. The monoisotopic (exact) mass is 258 g/mol. The summed E-state index contributed by atoms with van der Waals surface area (Å²) in [6.45, 7) is 0. The molecule has 2 rings (SSSR count). The standard InChI is InChI=1S/C13H16F2O3/c14-13(15,12(17)10-7-4-8-18-10)11(16)9-5-2-1-3-6-9/h4,7-9,11,16H,1-3,5-6H2. The molecule has 1 unspecified atom stereocenters. The maximum atomic E-state index is 13.9. The minimum absolute atomic E-state index is 0.408. The maximum Gasteiger partial charge on any atom is 0.338 e. The molecule has 1 aliphatic rings. The van der Waals surface area contributed by atoms with E-state index in [0.717, 1.165) is 25.5 Å². The van der Waals surface area contributed by atoms with Crippen LogP contribution >= 0.6 is 0 Å². The SMILES string of the molecule is O=C(c1ccco1)C(F)(F)C(O)C1CCCCC1. The van der Waals surface area contributed by atoms with Crippen molar-refractivity contribution in [1.29, 1.82) is 0 Å². The van der Waals surface area contributed by atoms with E-state index >= 15 is 0 Å². The Morgan fingerprint density at radius 3 is 2.61 bits per heavy atom. The van der Waals surface area contributed by atoms with Crippen LogP contribution < -0.4 is 0 Å². The molecule has 0 radical (unpaired) electrons. The van der Waals surface area contributed by atoms with Gasteiger partial charge in [-0.25, -0.2) is 0 Å². The van der Waals surface area contributed by atoms with E-state index < -0.39 is 29.5 Å². The number of hydrogen-bond donors (Lipinski definition) is 1. The van der Waals surface area contributed by atoms with Gasteiger partial charge in [-0.1, -0.05) is 19.3 Å². The normalized spacial score (nSPS) is 19.7. The summed E-state index contributed by atoms with van der Waals surface area (Å²) in [6, 6.07) is 2.56. The summed E-state index contributed by atoms with van der Waals surface area (Å²) in [6.07, 6.45) is 2.98. The molecule has 1 atom stereocenters. The lowest BCUT2D eigenvalue weighted by Crippen LogP contribution is -2.46. The molecule has 3 nitrogen and oxygen atoms in total. The van der Waals surface area contributed by atoms with Gasteiger partial charge in [0, 0.05) is 0 Å². The van der Waals surface area contributed by atoms with Gasteiger partial charge in [0.1, 0.15) is 6.10 Å². The first kappa shape index (κ1) is 13.2. The number of ketones is 1. The highest BCUT2D eigenvalue weighted by molar-refractivity contribution is 5.99. The van der Waals surface area contributed by atoms with Crippen LogP contribution in [0.3, 0.4) is 0 Å². The van der Waals surface area contributed by atoms with Crippen LogP contribution in [0.1, 0.15) is 42.7 Å². The van der Waals surface area contributed by atoms with E-state index in [0.29, 0.717) is 12.8 Å². The molecule has 1 fully saturated rings. The first-order valence-electron chi connectivity index (χ1n) is 6.17. The van der Waals surface area contributed by atoms with Crippen LogP contribution in [0.2, 0.25) is 0 Å².